The molecule has 0 bridgehead atoms. The lowest BCUT2D eigenvalue weighted by Gasteiger charge is -2.16. The van der Waals surface area contributed by atoms with Crippen LogP contribution >= 0.6 is 0 Å². The van der Waals surface area contributed by atoms with E-state index in [1.165, 1.54) is 41.0 Å². The van der Waals surface area contributed by atoms with Crippen molar-refractivity contribution >= 4 is 34.1 Å². The number of imidazole rings is 2. The molecular weight excluding hydrogens is 795 g/mol. The van der Waals surface area contributed by atoms with Crippen molar-refractivity contribution < 1.29 is 27.0 Å². The van der Waals surface area contributed by atoms with Crippen molar-refractivity contribution in [1.29, 1.82) is 0 Å². The van der Waals surface area contributed by atoms with Crippen LogP contribution in [0.25, 0.3) is 33.6 Å². The van der Waals surface area contributed by atoms with Crippen molar-refractivity contribution in [2.24, 2.45) is 7.05 Å². The Labute approximate surface area is 332 Å². The molecule has 1 unspecified atom stereocenters. The highest BCUT2D eigenvalue weighted by molar-refractivity contribution is 5.90. The molecule has 0 saturated heterocycles. The topological polar surface area (TPSA) is 241 Å². The van der Waals surface area contributed by atoms with Gasteiger partial charge in [-0.1, -0.05) is 16.4 Å². The number of carbonyl (C=O) groups is 1. The van der Waals surface area contributed by atoms with Crippen LogP contribution in [0.1, 0.15) is 48.0 Å². The van der Waals surface area contributed by atoms with Crippen molar-refractivity contribution in [2.45, 2.75) is 58.5 Å². The third kappa shape index (κ3) is 7.42. The summed E-state index contributed by atoms with van der Waals surface area (Å²) in [6.07, 6.45) is -0.373. The van der Waals surface area contributed by atoms with E-state index in [0.29, 0.717) is 29.2 Å². The maximum Gasteiger partial charge on any atom is 0.433 e. The van der Waals surface area contributed by atoms with Crippen molar-refractivity contribution in [3.05, 3.63) is 132 Å². The van der Waals surface area contributed by atoms with Gasteiger partial charge in [0, 0.05) is 43.4 Å². The van der Waals surface area contributed by atoms with Crippen molar-refractivity contribution in [3.63, 3.8) is 0 Å². The summed E-state index contributed by atoms with van der Waals surface area (Å²) in [5.74, 6) is 0.402. The number of aromatic nitrogens is 12. The second-order valence-electron chi connectivity index (χ2n) is 13.9. The highest BCUT2D eigenvalue weighted by atomic mass is 19.4. The number of hydrogen-bond donors (Lipinski definition) is 2. The zero-order chi connectivity index (χ0) is 42.5. The molecule has 23 heteroatoms. The largest absolute Gasteiger partial charge is 0.433 e. The second kappa shape index (κ2) is 15.2. The van der Waals surface area contributed by atoms with Gasteiger partial charge in [-0.3, -0.25) is 37.6 Å². The molecule has 0 spiro atoms. The fourth-order valence-corrected chi connectivity index (χ4v) is 6.75. The molecule has 0 aromatic carbocycles. The predicted octanol–water partition coefficient (Wildman–Crippen LogP) is 2.79. The van der Waals surface area contributed by atoms with Crippen LogP contribution in [-0.2, 0) is 44.1 Å². The molecule has 8 aromatic rings. The molecule has 0 radical (unpaired) electrons. The van der Waals surface area contributed by atoms with E-state index in [2.05, 4.69) is 40.6 Å². The number of fused-ring (bicyclic) bond motifs is 2. The first-order valence-corrected chi connectivity index (χ1v) is 18.2. The summed E-state index contributed by atoms with van der Waals surface area (Å²) in [7, 11) is 1.42. The summed E-state index contributed by atoms with van der Waals surface area (Å²) in [4.78, 5) is 86.1. The lowest BCUT2D eigenvalue weighted by molar-refractivity contribution is -0.141. The fraction of sp³-hybridized carbons (Fsp3) is 0.270. The van der Waals surface area contributed by atoms with Gasteiger partial charge in [0.2, 0.25) is 5.91 Å². The van der Waals surface area contributed by atoms with E-state index in [1.54, 1.807) is 38.1 Å². The molecule has 8 heterocycles. The summed E-state index contributed by atoms with van der Waals surface area (Å²) < 4.78 is 55.4. The van der Waals surface area contributed by atoms with Gasteiger partial charge in [0.1, 0.15) is 46.5 Å². The summed E-state index contributed by atoms with van der Waals surface area (Å²) in [6, 6.07) is 9.35. The van der Waals surface area contributed by atoms with Gasteiger partial charge in [0.15, 0.2) is 16.8 Å². The number of aryl methyl sites for hydroxylation is 3. The van der Waals surface area contributed by atoms with E-state index < -0.39 is 52.9 Å². The summed E-state index contributed by atoms with van der Waals surface area (Å²) >= 11 is 0. The smallest absolute Gasteiger partial charge is 0.361 e. The lowest BCUT2D eigenvalue weighted by Crippen LogP contribution is -2.41. The minimum Gasteiger partial charge on any atom is -0.361 e. The highest BCUT2D eigenvalue weighted by Crippen LogP contribution is 2.29. The van der Waals surface area contributed by atoms with E-state index >= 15 is 0 Å². The van der Waals surface area contributed by atoms with Crippen molar-refractivity contribution in [3.8, 4) is 11.3 Å². The van der Waals surface area contributed by atoms with Gasteiger partial charge in [-0.15, -0.1) is 0 Å². The first-order chi connectivity index (χ1) is 28.7. The number of H-pyrrole nitrogens is 1. The number of rotatable bonds is 12. The lowest BCUT2D eigenvalue weighted by atomic mass is 10.1. The number of amides is 1. The zero-order valence-electron chi connectivity index (χ0n) is 31.8. The standard InChI is InChI=1S/C37H32F3N13O7/c1-19(53-31-29(42-17-43-31)33(55)51(36(53)58)14-22-11-20(2)59-47-22)7-9-24-12-23(48-60-24)15-52-34(56)30-32(49(3)35(52)57)44-18-50(30)16-28(54)46-27-6-4-5-25(45-27)21-8-10-26(41-13-21)37(38,39)40/h4-6,8,10-13,17-19H,7,9,14-16H2,1-3H3,(H,42,43)(H,45,46,54). The van der Waals surface area contributed by atoms with Crippen LogP contribution in [0.3, 0.4) is 0 Å². The summed E-state index contributed by atoms with van der Waals surface area (Å²) in [5, 5.41) is 10.6. The number of anilines is 1. The quantitative estimate of drug-likeness (QED) is 0.180. The molecule has 60 heavy (non-hydrogen) atoms. The summed E-state index contributed by atoms with van der Waals surface area (Å²) in [5.41, 5.74) is -2.13. The molecule has 0 aliphatic heterocycles. The van der Waals surface area contributed by atoms with Crippen LogP contribution < -0.4 is 27.8 Å². The number of nitrogens with one attached hydrogen (secondary N) is 2. The van der Waals surface area contributed by atoms with Gasteiger partial charge in [0.05, 0.1) is 31.4 Å². The van der Waals surface area contributed by atoms with Gasteiger partial charge in [-0.05, 0) is 44.5 Å². The van der Waals surface area contributed by atoms with E-state index in [-0.39, 0.29) is 59.0 Å². The van der Waals surface area contributed by atoms with Crippen LogP contribution in [0.15, 0.2) is 89.5 Å². The SMILES string of the molecule is Cc1cc(Cn2c(=O)c3[nH]cnc3n(C(C)CCc3cc(Cn4c(=O)c5c(ncn5CC(=O)Nc5cccc(-c6ccc(C(F)(F)F)nc6)n5)n(C)c4=O)no3)c2=O)no1. The molecule has 1 atom stereocenters. The fourth-order valence-electron chi connectivity index (χ4n) is 6.75. The van der Waals surface area contributed by atoms with Crippen LogP contribution in [0.2, 0.25) is 0 Å². The van der Waals surface area contributed by atoms with Crippen LogP contribution in [0.5, 0.6) is 0 Å². The number of pyridine rings is 2. The first-order valence-electron chi connectivity index (χ1n) is 18.2. The van der Waals surface area contributed by atoms with Gasteiger partial charge in [-0.2, -0.15) is 13.2 Å². The Kier molecular flexibility index (Phi) is 9.93. The predicted molar refractivity (Wildman–Crippen MR) is 204 cm³/mol. The zero-order valence-corrected chi connectivity index (χ0v) is 31.8. The molecule has 20 nitrogen and oxygen atoms in total. The van der Waals surface area contributed by atoms with Gasteiger partial charge in [0.25, 0.3) is 11.1 Å². The Morgan fingerprint density at radius 2 is 1.67 bits per heavy atom. The monoisotopic (exact) mass is 827 g/mol. The van der Waals surface area contributed by atoms with Gasteiger partial charge < -0.3 is 23.9 Å². The number of halogens is 3. The van der Waals surface area contributed by atoms with Crippen LogP contribution in [0.4, 0.5) is 19.0 Å². The minimum atomic E-state index is -4.60. The number of aromatic amines is 1. The average molecular weight is 828 g/mol. The summed E-state index contributed by atoms with van der Waals surface area (Å²) in [6.45, 7) is 2.69. The maximum absolute atomic E-state index is 13.8. The molecule has 0 saturated carbocycles. The highest BCUT2D eigenvalue weighted by Gasteiger charge is 2.32. The Bertz CT molecular complexity index is 3170. The number of alkyl halides is 3. The van der Waals surface area contributed by atoms with Crippen molar-refractivity contribution in [2.75, 3.05) is 5.32 Å². The van der Waals surface area contributed by atoms with Gasteiger partial charge in [-0.25, -0.2) is 24.5 Å². The molecule has 0 aliphatic carbocycles. The molecule has 0 aliphatic rings. The average Bonchev–Trinajstić information content (AvgIpc) is 4.05. The maximum atomic E-state index is 13.8. The van der Waals surface area contributed by atoms with E-state index in [1.807, 2.05) is 0 Å². The van der Waals surface area contributed by atoms with Gasteiger partial charge >= 0.3 is 17.6 Å². The number of hydrogen-bond acceptors (Lipinski definition) is 13. The Morgan fingerprint density at radius 3 is 2.38 bits per heavy atom. The second-order valence-corrected chi connectivity index (χ2v) is 13.9. The van der Waals surface area contributed by atoms with Crippen molar-refractivity contribution in [1.82, 2.24) is 58.1 Å². The molecule has 1 amide bonds. The normalized spacial score (nSPS) is 12.4. The molecule has 308 valence electrons. The molecule has 2 N–H and O–H groups in total. The molecular formula is C37H32F3N13O7. The molecule has 0 fully saturated rings. The number of nitrogens with zero attached hydrogens (tertiary/aromatic N) is 11. The van der Waals surface area contributed by atoms with E-state index in [0.717, 1.165) is 26.0 Å². The van der Waals surface area contributed by atoms with Crippen LogP contribution in [-0.4, -0.2) is 64.0 Å². The minimum absolute atomic E-state index is 0.0301. The van der Waals surface area contributed by atoms with E-state index in [4.69, 9.17) is 9.05 Å². The van der Waals surface area contributed by atoms with E-state index in [9.17, 15) is 37.1 Å². The van der Waals surface area contributed by atoms with Crippen LogP contribution in [0, 0.1) is 6.92 Å². The molecule has 8 rings (SSSR count). The number of carbonyl (C=O) groups excluding carboxylic acids is 1. The Balaban J connectivity index is 0.971. The third-order valence-corrected chi connectivity index (χ3v) is 9.70. The Morgan fingerprint density at radius 1 is 0.917 bits per heavy atom. The third-order valence-electron chi connectivity index (χ3n) is 9.70. The first kappa shape index (κ1) is 39.1. The molecule has 8 aromatic heterocycles. The Hall–Kier alpha value is -7.72.